The van der Waals surface area contributed by atoms with Crippen molar-refractivity contribution in [2.75, 3.05) is 29.7 Å². The highest BCUT2D eigenvalue weighted by atomic mass is 35.5. The molecule has 2 N–H and O–H groups in total. The minimum atomic E-state index is -3.40. The van der Waals surface area contributed by atoms with E-state index in [4.69, 9.17) is 32.7 Å². The molecule has 16 heteroatoms. The number of aliphatic hydroxyl groups is 2. The second-order valence-corrected chi connectivity index (χ2v) is 15.7. The quantitative estimate of drug-likeness (QED) is 0.0130. The number of anilines is 1. The maximum Gasteiger partial charge on any atom is 0.368 e. The fourth-order valence-corrected chi connectivity index (χ4v) is 6.92. The molecule has 1 atom stereocenters. The van der Waals surface area contributed by atoms with Crippen LogP contribution in [0.25, 0.3) is 0 Å². The summed E-state index contributed by atoms with van der Waals surface area (Å²) in [4.78, 5) is 38.5. The molecular weight excluding hydrogens is 823 g/mol. The van der Waals surface area contributed by atoms with Crippen molar-refractivity contribution in [3.63, 3.8) is 0 Å². The van der Waals surface area contributed by atoms with E-state index in [1.54, 1.807) is 6.07 Å². The lowest BCUT2D eigenvalue weighted by atomic mass is 9.99. The van der Waals surface area contributed by atoms with E-state index in [1.165, 1.54) is 94.5 Å². The molecule has 0 fully saturated rings. The number of nitrogens with zero attached hydrogens (tertiary/aromatic N) is 6. The molecular formula is C45H62Cl2N6O8. The van der Waals surface area contributed by atoms with E-state index >= 15 is 0 Å². The Morgan fingerprint density at radius 2 is 1.30 bits per heavy atom. The zero-order chi connectivity index (χ0) is 44.6. The van der Waals surface area contributed by atoms with Gasteiger partial charge in [0, 0.05) is 48.2 Å². The third-order valence-electron chi connectivity index (χ3n) is 10.1. The van der Waals surface area contributed by atoms with Gasteiger partial charge in [0.2, 0.25) is 6.10 Å². The normalized spacial score (nSPS) is 12.3. The highest BCUT2D eigenvalue weighted by Crippen LogP contribution is 2.41. The number of azo groups is 2. The maximum atomic E-state index is 12.9. The van der Waals surface area contributed by atoms with Crippen molar-refractivity contribution in [3.8, 4) is 0 Å². The average molecular weight is 886 g/mol. The standard InChI is InChI=1S/C45H62Cl2N6O8/c1-5-8-10-12-14-16-28-52(29-17-15-13-11-9-6-2)37-22-23-39(33(4)30-37)49-51-41-31-34(7-3)40(50-48-35-18-20-36(21-19-35)53(58)59)32-38(41)44(60-42(54)24-26-46)45(56,57)61-43(55)25-27-47/h18-23,30-32,44,56-57H,5-17,24-29H2,1-4H3. The first-order valence-electron chi connectivity index (χ1n) is 21.5. The van der Waals surface area contributed by atoms with Crippen molar-refractivity contribution in [1.29, 1.82) is 0 Å². The Hall–Kier alpha value is -4.50. The number of nitro groups is 1. The van der Waals surface area contributed by atoms with Gasteiger partial charge < -0.3 is 24.6 Å². The topological polar surface area (TPSA) is 189 Å². The summed E-state index contributed by atoms with van der Waals surface area (Å²) in [6.07, 6.45) is 12.2. The fourth-order valence-electron chi connectivity index (χ4n) is 6.61. The van der Waals surface area contributed by atoms with Gasteiger partial charge in [0.15, 0.2) is 0 Å². The Labute approximate surface area is 369 Å². The van der Waals surface area contributed by atoms with Gasteiger partial charge in [-0.05, 0) is 79.8 Å². The van der Waals surface area contributed by atoms with Crippen LogP contribution < -0.4 is 4.90 Å². The molecule has 0 saturated heterocycles. The van der Waals surface area contributed by atoms with Gasteiger partial charge >= 0.3 is 17.9 Å². The lowest BCUT2D eigenvalue weighted by Gasteiger charge is -2.30. The number of carbonyl (C=O) groups is 2. The average Bonchev–Trinajstić information content (AvgIpc) is 3.23. The van der Waals surface area contributed by atoms with E-state index in [1.807, 2.05) is 26.0 Å². The molecule has 0 bridgehead atoms. The summed E-state index contributed by atoms with van der Waals surface area (Å²) in [5.41, 5.74) is 3.45. The van der Waals surface area contributed by atoms with Crippen molar-refractivity contribution in [2.24, 2.45) is 20.5 Å². The van der Waals surface area contributed by atoms with Crippen molar-refractivity contribution in [2.45, 2.75) is 136 Å². The van der Waals surface area contributed by atoms with E-state index in [-0.39, 0.29) is 47.2 Å². The number of benzene rings is 3. The second-order valence-electron chi connectivity index (χ2n) is 14.9. The number of esters is 2. The molecule has 3 aromatic carbocycles. The molecule has 0 amide bonds. The van der Waals surface area contributed by atoms with Crippen molar-refractivity contribution in [3.05, 3.63) is 81.4 Å². The van der Waals surface area contributed by atoms with Crippen molar-refractivity contribution in [1.82, 2.24) is 0 Å². The van der Waals surface area contributed by atoms with Gasteiger partial charge in [-0.25, -0.2) is 0 Å². The van der Waals surface area contributed by atoms with Crippen LogP contribution >= 0.6 is 23.2 Å². The Morgan fingerprint density at radius 1 is 0.738 bits per heavy atom. The van der Waals surface area contributed by atoms with Gasteiger partial charge in [-0.3, -0.25) is 19.7 Å². The minimum Gasteiger partial charge on any atom is -0.447 e. The second kappa shape index (κ2) is 27.4. The fraction of sp³-hybridized carbons (Fsp3) is 0.556. The number of halogens is 2. The molecule has 14 nitrogen and oxygen atoms in total. The number of unbranched alkanes of at least 4 members (excludes halogenated alkanes) is 10. The SMILES string of the molecule is CCCCCCCCN(CCCCCCCC)c1ccc(N=Nc2cc(CC)c(N=Nc3ccc([N+](=O)[O-])cc3)cc2C(OC(=O)CCCl)C(O)(O)OC(=O)CCCl)c(C)c1. The van der Waals surface area contributed by atoms with Crippen LogP contribution in [0.3, 0.4) is 0 Å². The Morgan fingerprint density at radius 3 is 1.85 bits per heavy atom. The molecule has 3 rings (SSSR count). The summed E-state index contributed by atoms with van der Waals surface area (Å²) in [6.45, 7) is 10.2. The summed E-state index contributed by atoms with van der Waals surface area (Å²) < 4.78 is 10.5. The first-order valence-corrected chi connectivity index (χ1v) is 22.5. The molecule has 0 heterocycles. The van der Waals surface area contributed by atoms with E-state index in [2.05, 4.69) is 45.3 Å². The Kier molecular flexibility index (Phi) is 22.9. The van der Waals surface area contributed by atoms with E-state index in [0.717, 1.165) is 37.2 Å². The summed E-state index contributed by atoms with van der Waals surface area (Å²) in [7, 11) is 0. The number of hydrogen-bond acceptors (Lipinski definition) is 13. The van der Waals surface area contributed by atoms with E-state index in [9.17, 15) is 29.9 Å². The molecule has 0 aliphatic carbocycles. The van der Waals surface area contributed by atoms with Crippen LogP contribution in [0.5, 0.6) is 0 Å². The maximum absolute atomic E-state index is 12.9. The smallest absolute Gasteiger partial charge is 0.368 e. The number of rotatable bonds is 29. The van der Waals surface area contributed by atoms with Crippen LogP contribution in [0.4, 0.5) is 34.1 Å². The predicted octanol–water partition coefficient (Wildman–Crippen LogP) is 12.8. The lowest BCUT2D eigenvalue weighted by molar-refractivity contribution is -0.384. The summed E-state index contributed by atoms with van der Waals surface area (Å²) in [6, 6.07) is 14.4. The molecule has 0 aliphatic rings. The zero-order valence-electron chi connectivity index (χ0n) is 36.0. The number of ether oxygens (including phenoxy) is 2. The zero-order valence-corrected chi connectivity index (χ0v) is 37.5. The molecule has 0 saturated carbocycles. The summed E-state index contributed by atoms with van der Waals surface area (Å²) in [5, 5.41) is 51.4. The highest BCUT2D eigenvalue weighted by molar-refractivity contribution is 6.19. The number of alkyl halides is 2. The molecule has 0 aliphatic heterocycles. The van der Waals surface area contributed by atoms with Crippen LogP contribution in [-0.2, 0) is 25.5 Å². The predicted molar refractivity (Wildman–Crippen MR) is 240 cm³/mol. The van der Waals surface area contributed by atoms with Gasteiger partial charge in [-0.15, -0.1) is 23.2 Å². The lowest BCUT2D eigenvalue weighted by Crippen LogP contribution is -2.43. The van der Waals surface area contributed by atoms with Crippen LogP contribution in [0.2, 0.25) is 0 Å². The van der Waals surface area contributed by atoms with Crippen molar-refractivity contribution >= 4 is 69.3 Å². The van der Waals surface area contributed by atoms with E-state index < -0.39 is 28.9 Å². The number of hydrogen-bond donors (Lipinski definition) is 2. The molecule has 0 radical (unpaired) electrons. The Balaban J connectivity index is 2.09. The van der Waals surface area contributed by atoms with E-state index in [0.29, 0.717) is 23.4 Å². The van der Waals surface area contributed by atoms with Gasteiger partial charge in [0.1, 0.15) is 0 Å². The third-order valence-corrected chi connectivity index (χ3v) is 10.4. The number of carbonyl (C=O) groups excluding carboxylic acids is 2. The van der Waals surface area contributed by atoms with Gasteiger partial charge in [0.25, 0.3) is 5.69 Å². The first-order chi connectivity index (χ1) is 29.4. The Bertz CT molecular complexity index is 1880. The molecule has 61 heavy (non-hydrogen) atoms. The third kappa shape index (κ3) is 17.4. The van der Waals surface area contributed by atoms with Crippen LogP contribution in [-0.4, -0.2) is 57.9 Å². The largest absolute Gasteiger partial charge is 0.447 e. The number of nitro benzene ring substituents is 1. The number of non-ortho nitro benzene ring substituents is 1. The first kappa shape index (κ1) is 50.9. The summed E-state index contributed by atoms with van der Waals surface area (Å²) in [5.74, 6) is -5.69. The summed E-state index contributed by atoms with van der Waals surface area (Å²) >= 11 is 11.5. The monoisotopic (exact) mass is 884 g/mol. The van der Waals surface area contributed by atoms with Gasteiger partial charge in [-0.2, -0.15) is 20.5 Å². The van der Waals surface area contributed by atoms with Crippen LogP contribution in [0.15, 0.2) is 75.1 Å². The molecule has 0 spiro atoms. The minimum absolute atomic E-state index is 0.0620. The number of aryl methyl sites for hydroxylation is 2. The van der Waals surface area contributed by atoms with Crippen LogP contribution in [0, 0.1) is 17.0 Å². The molecule has 0 aromatic heterocycles. The highest BCUT2D eigenvalue weighted by Gasteiger charge is 2.45. The molecule has 1 unspecified atom stereocenters. The molecule has 3 aromatic rings. The molecule has 334 valence electrons. The van der Waals surface area contributed by atoms with Crippen LogP contribution in [0.1, 0.15) is 133 Å². The van der Waals surface area contributed by atoms with Crippen molar-refractivity contribution < 1.29 is 34.2 Å². The van der Waals surface area contributed by atoms with Gasteiger partial charge in [0.05, 0.1) is 40.5 Å². The van der Waals surface area contributed by atoms with Gasteiger partial charge in [-0.1, -0.05) is 85.0 Å².